The minimum atomic E-state index is 0. The van der Waals surface area contributed by atoms with E-state index in [1.165, 1.54) is 62.5 Å². The van der Waals surface area contributed by atoms with E-state index in [1.54, 1.807) is 11.1 Å². The van der Waals surface area contributed by atoms with Crippen LogP contribution in [-0.2, 0) is 26.2 Å². The predicted octanol–water partition coefficient (Wildman–Crippen LogP) is 1.04. The summed E-state index contributed by atoms with van der Waals surface area (Å²) in [7, 11) is 0.750. The summed E-state index contributed by atoms with van der Waals surface area (Å²) in [4.78, 5) is 0. The van der Waals surface area contributed by atoms with Crippen molar-refractivity contribution in [1.82, 2.24) is 0 Å². The van der Waals surface area contributed by atoms with Gasteiger partial charge >= 0.3 is 26.2 Å². The fraction of sp³-hybridized carbons (Fsp3) is 0.636. The Hall–Kier alpha value is 0.640. The molecular formula is C22H37Cl2SiZr. The van der Waals surface area contributed by atoms with Gasteiger partial charge in [-0.05, 0) is 0 Å². The van der Waals surface area contributed by atoms with E-state index in [9.17, 15) is 0 Å². The van der Waals surface area contributed by atoms with Crippen LogP contribution in [0.4, 0.5) is 0 Å². The van der Waals surface area contributed by atoms with Crippen LogP contribution in [0.2, 0.25) is 13.1 Å². The van der Waals surface area contributed by atoms with Crippen LogP contribution in [0, 0.1) is 12.2 Å². The summed E-state index contributed by atoms with van der Waals surface area (Å²) in [5.41, 5.74) is 5.93. The second-order valence-corrected chi connectivity index (χ2v) is 7.75. The predicted molar refractivity (Wildman–Crippen MR) is 108 cm³/mol. The fourth-order valence-corrected chi connectivity index (χ4v) is 2.46. The van der Waals surface area contributed by atoms with Crippen LogP contribution >= 0.6 is 0 Å². The molecule has 0 atom stereocenters. The van der Waals surface area contributed by atoms with Crippen molar-refractivity contribution in [3.05, 3.63) is 46.6 Å². The molecule has 2 rings (SSSR count). The van der Waals surface area contributed by atoms with E-state index < -0.39 is 0 Å². The third kappa shape index (κ3) is 19.4. The maximum atomic E-state index is 3.23. The van der Waals surface area contributed by atoms with Crippen LogP contribution < -0.4 is 24.8 Å². The largest absolute Gasteiger partial charge is 4.00 e. The van der Waals surface area contributed by atoms with Crippen LogP contribution in [0.3, 0.4) is 0 Å². The average molecular weight is 492 g/mol. The molecule has 147 valence electrons. The van der Waals surface area contributed by atoms with E-state index in [0.29, 0.717) is 0 Å². The molecule has 0 amide bonds. The van der Waals surface area contributed by atoms with Crippen molar-refractivity contribution >= 4 is 9.52 Å². The van der Waals surface area contributed by atoms with E-state index in [2.05, 4.69) is 65.1 Å². The van der Waals surface area contributed by atoms with Gasteiger partial charge in [0.15, 0.2) is 0 Å². The SMILES string of the molecule is CCCCC1=C[C-]=C(C)C1.CCCCC1=C[C-]=C(C)C1.C[SiH]C.[Cl-].[Cl-].[Zr+4]. The third-order valence-electron chi connectivity index (χ3n) is 3.73. The Morgan fingerprint density at radius 2 is 1.12 bits per heavy atom. The summed E-state index contributed by atoms with van der Waals surface area (Å²) in [6, 6.07) is 0. The summed E-state index contributed by atoms with van der Waals surface area (Å²) < 4.78 is 0. The van der Waals surface area contributed by atoms with Gasteiger partial charge in [-0.2, -0.15) is 11.1 Å². The van der Waals surface area contributed by atoms with Crippen molar-refractivity contribution in [2.75, 3.05) is 0 Å². The first-order chi connectivity index (χ1) is 11.1. The quantitative estimate of drug-likeness (QED) is 0.385. The monoisotopic (exact) mass is 489 g/mol. The van der Waals surface area contributed by atoms with E-state index in [0.717, 1.165) is 9.52 Å². The van der Waals surface area contributed by atoms with Gasteiger partial charge in [0.05, 0.1) is 0 Å². The van der Waals surface area contributed by atoms with Gasteiger partial charge in [-0.3, -0.25) is 12.2 Å². The molecule has 0 aliphatic heterocycles. The summed E-state index contributed by atoms with van der Waals surface area (Å²) in [5.74, 6) is 0. The topological polar surface area (TPSA) is 0 Å². The van der Waals surface area contributed by atoms with Crippen LogP contribution in [0.25, 0.3) is 0 Å². The summed E-state index contributed by atoms with van der Waals surface area (Å²) in [6.07, 6.45) is 21.0. The van der Waals surface area contributed by atoms with E-state index >= 15 is 0 Å². The Morgan fingerprint density at radius 3 is 1.31 bits per heavy atom. The molecule has 2 aliphatic carbocycles. The number of halogens is 2. The van der Waals surface area contributed by atoms with Crippen molar-refractivity contribution in [1.29, 1.82) is 0 Å². The number of hydrogen-bond donors (Lipinski definition) is 0. The number of rotatable bonds is 6. The van der Waals surface area contributed by atoms with E-state index in [1.807, 2.05) is 0 Å². The van der Waals surface area contributed by atoms with Gasteiger partial charge in [0.25, 0.3) is 0 Å². The third-order valence-corrected chi connectivity index (χ3v) is 3.73. The Labute approximate surface area is 198 Å². The molecule has 0 saturated carbocycles. The van der Waals surface area contributed by atoms with Crippen molar-refractivity contribution in [3.8, 4) is 0 Å². The molecule has 0 unspecified atom stereocenters. The summed E-state index contributed by atoms with van der Waals surface area (Å²) in [5, 5.41) is 0. The van der Waals surface area contributed by atoms with Gasteiger partial charge in [-0.1, -0.05) is 92.2 Å². The first kappa shape index (κ1) is 34.2. The Bertz CT molecular complexity index is 397. The number of hydrogen-bond acceptors (Lipinski definition) is 0. The molecule has 0 saturated heterocycles. The number of unbranched alkanes of at least 4 members (excludes halogenated alkanes) is 2. The van der Waals surface area contributed by atoms with Gasteiger partial charge in [0.1, 0.15) is 0 Å². The van der Waals surface area contributed by atoms with Gasteiger partial charge in [0, 0.05) is 9.52 Å². The Kier molecular flexibility index (Phi) is 31.1. The molecular weight excluding hydrogens is 454 g/mol. The van der Waals surface area contributed by atoms with E-state index in [-0.39, 0.29) is 51.0 Å². The van der Waals surface area contributed by atoms with Gasteiger partial charge in [0.2, 0.25) is 0 Å². The van der Waals surface area contributed by atoms with Gasteiger partial charge in [-0.25, -0.2) is 23.3 Å². The second-order valence-electron chi connectivity index (χ2n) is 6.59. The Morgan fingerprint density at radius 1 is 0.808 bits per heavy atom. The van der Waals surface area contributed by atoms with Crippen molar-refractivity contribution < 1.29 is 51.0 Å². The zero-order valence-corrected chi connectivity index (χ0v) is 22.8. The zero-order chi connectivity index (χ0) is 17.5. The molecule has 0 fully saturated rings. The van der Waals surface area contributed by atoms with Crippen LogP contribution in [0.5, 0.6) is 0 Å². The minimum Gasteiger partial charge on any atom is -1.00 e. The molecule has 0 heterocycles. The standard InChI is InChI=1S/2C10H15.C2H7Si.2ClH.Zr/c2*1-3-4-5-10-7-6-9(2)8-10;1-3-2;;;/h2*7H,3-5,8H2,1-2H3;3H,1-2H3;2*1H;/q2*-1;;;;+4/p-2. The molecule has 0 bridgehead atoms. The van der Waals surface area contributed by atoms with Gasteiger partial charge in [-0.15, -0.1) is 0 Å². The molecule has 0 nitrogen and oxygen atoms in total. The maximum absolute atomic E-state index is 3.23. The molecule has 26 heavy (non-hydrogen) atoms. The van der Waals surface area contributed by atoms with Crippen molar-refractivity contribution in [3.63, 3.8) is 0 Å². The molecule has 4 heteroatoms. The van der Waals surface area contributed by atoms with E-state index in [4.69, 9.17) is 0 Å². The molecule has 0 N–H and O–H groups in total. The smallest absolute Gasteiger partial charge is 1.00 e. The van der Waals surface area contributed by atoms with Crippen molar-refractivity contribution in [2.24, 2.45) is 0 Å². The summed E-state index contributed by atoms with van der Waals surface area (Å²) >= 11 is 0. The maximum Gasteiger partial charge on any atom is 4.00 e. The fourth-order valence-electron chi connectivity index (χ4n) is 2.46. The molecule has 0 spiro atoms. The van der Waals surface area contributed by atoms with Crippen molar-refractivity contribution in [2.45, 2.75) is 92.2 Å². The van der Waals surface area contributed by atoms with Crippen LogP contribution in [0.15, 0.2) is 34.4 Å². The second kappa shape index (κ2) is 23.7. The molecule has 2 aliphatic rings. The first-order valence-corrected chi connectivity index (χ1v) is 11.7. The molecule has 0 aromatic heterocycles. The summed E-state index contributed by atoms with van der Waals surface area (Å²) in [6.45, 7) is 13.2. The molecule has 0 aromatic carbocycles. The molecule has 0 aromatic rings. The first-order valence-electron chi connectivity index (χ1n) is 9.34. The average Bonchev–Trinajstić information content (AvgIpc) is 3.13. The zero-order valence-electron chi connectivity index (χ0n) is 17.6. The van der Waals surface area contributed by atoms with Gasteiger partial charge < -0.3 is 24.8 Å². The molecule has 1 radical (unpaired) electrons. The van der Waals surface area contributed by atoms with Crippen LogP contribution in [0.1, 0.15) is 79.1 Å². The minimum absolute atomic E-state index is 0. The van der Waals surface area contributed by atoms with Crippen LogP contribution in [-0.4, -0.2) is 9.52 Å². The number of allylic oxidation sites excluding steroid dienone is 8. The normalized spacial score (nSPS) is 13.8. The Balaban J connectivity index is -0.000000147.